The Hall–Kier alpha value is -4.28. The topological polar surface area (TPSA) is 199 Å². The number of amides is 3. The Kier molecular flexibility index (Phi) is 11.0. The first kappa shape index (κ1) is 33.6. The third kappa shape index (κ3) is 8.89. The van der Waals surface area contributed by atoms with Gasteiger partial charge in [-0.05, 0) is 42.7 Å². The van der Waals surface area contributed by atoms with E-state index in [9.17, 15) is 32.7 Å². The van der Waals surface area contributed by atoms with E-state index in [1.165, 1.54) is 33.9 Å². The summed E-state index contributed by atoms with van der Waals surface area (Å²) in [7, 11) is -2.87. The molecule has 3 amide bonds. The van der Waals surface area contributed by atoms with Crippen LogP contribution in [0.2, 0.25) is 0 Å². The van der Waals surface area contributed by atoms with Gasteiger partial charge in [0, 0.05) is 26.2 Å². The van der Waals surface area contributed by atoms with Crippen LogP contribution in [0, 0.1) is 5.41 Å². The number of carboxylic acid groups (broad SMARTS) is 1. The van der Waals surface area contributed by atoms with Crippen molar-refractivity contribution in [3.05, 3.63) is 42.5 Å². The number of ether oxygens (including phenoxy) is 2. The fraction of sp³-hybridized carbons (Fsp3) is 0.483. The monoisotopic (exact) mass is 646 g/mol. The van der Waals surface area contributed by atoms with E-state index in [2.05, 4.69) is 10.0 Å². The maximum absolute atomic E-state index is 13.8. The molecule has 2 aliphatic rings. The van der Waals surface area contributed by atoms with Crippen LogP contribution in [-0.4, -0.2) is 116 Å². The lowest BCUT2D eigenvalue weighted by Gasteiger charge is -2.38. The lowest BCUT2D eigenvalue weighted by molar-refractivity contribution is -0.152. The van der Waals surface area contributed by atoms with Gasteiger partial charge >= 0.3 is 12.1 Å². The number of alkyl carbamates (subject to hydrolysis) is 1. The number of benzene rings is 2. The number of fused-ring (bicyclic) bond motifs is 1. The van der Waals surface area contributed by atoms with Crippen LogP contribution in [0.5, 0.6) is 0 Å². The number of aliphatic carboxylic acids is 1. The van der Waals surface area contributed by atoms with Gasteiger partial charge in [-0.15, -0.1) is 0 Å². The largest absolute Gasteiger partial charge is 0.481 e. The maximum atomic E-state index is 13.8. The number of nitrogens with zero attached hydrogens (tertiary/aromatic N) is 3. The van der Waals surface area contributed by atoms with Gasteiger partial charge in [0.25, 0.3) is 0 Å². The van der Waals surface area contributed by atoms with Gasteiger partial charge < -0.3 is 29.3 Å². The van der Waals surface area contributed by atoms with E-state index in [1.54, 1.807) is 25.1 Å². The molecule has 244 valence electrons. The molecule has 15 nitrogen and oxygen atoms in total. The molecule has 4 N–H and O–H groups in total. The second kappa shape index (κ2) is 14.7. The van der Waals surface area contributed by atoms with E-state index in [4.69, 9.17) is 14.9 Å². The molecule has 0 spiro atoms. The lowest BCUT2D eigenvalue weighted by Crippen LogP contribution is -2.57. The first-order chi connectivity index (χ1) is 21.4. The summed E-state index contributed by atoms with van der Waals surface area (Å²) >= 11 is 0. The average molecular weight is 647 g/mol. The first-order valence-electron chi connectivity index (χ1n) is 14.6. The molecule has 1 saturated heterocycles. The number of carboxylic acids is 1. The Balaban J connectivity index is 1.53. The van der Waals surface area contributed by atoms with Gasteiger partial charge in [-0.1, -0.05) is 30.3 Å². The van der Waals surface area contributed by atoms with Crippen LogP contribution < -0.4 is 10.0 Å². The highest BCUT2D eigenvalue weighted by Gasteiger charge is 2.39. The Morgan fingerprint density at radius 2 is 1.87 bits per heavy atom. The van der Waals surface area contributed by atoms with Gasteiger partial charge in [0.1, 0.15) is 12.3 Å². The lowest BCUT2D eigenvalue weighted by atomic mass is 10.1. The summed E-state index contributed by atoms with van der Waals surface area (Å²) < 4.78 is 40.1. The van der Waals surface area contributed by atoms with Crippen molar-refractivity contribution in [2.75, 3.05) is 39.9 Å². The molecular weight excluding hydrogens is 608 g/mol. The summed E-state index contributed by atoms with van der Waals surface area (Å²) in [6.07, 6.45) is -1.30. The van der Waals surface area contributed by atoms with Gasteiger partial charge in [-0.2, -0.15) is 4.72 Å². The molecule has 0 aromatic heterocycles. The molecular formula is C29H38N6O9S. The molecule has 1 heterocycles. The summed E-state index contributed by atoms with van der Waals surface area (Å²) in [4.78, 5) is 54.3. The van der Waals surface area contributed by atoms with Crippen molar-refractivity contribution in [2.45, 2.75) is 55.8 Å². The number of guanidine groups is 1. The van der Waals surface area contributed by atoms with Crippen molar-refractivity contribution in [3.8, 4) is 0 Å². The van der Waals surface area contributed by atoms with E-state index in [1.807, 2.05) is 12.1 Å². The van der Waals surface area contributed by atoms with Crippen LogP contribution in [-0.2, 0) is 33.9 Å². The van der Waals surface area contributed by atoms with Crippen molar-refractivity contribution in [1.82, 2.24) is 24.7 Å². The Bertz CT molecular complexity index is 1550. The molecule has 1 aliphatic carbocycles. The molecule has 1 unspecified atom stereocenters. The number of hydrogen-bond acceptors (Lipinski definition) is 9. The molecule has 0 radical (unpaired) electrons. The van der Waals surface area contributed by atoms with E-state index >= 15 is 0 Å². The van der Waals surface area contributed by atoms with Gasteiger partial charge in [0.2, 0.25) is 27.8 Å². The number of carbonyl (C=O) groups excluding carboxylic acids is 3. The molecule has 1 aliphatic heterocycles. The number of morpholine rings is 1. The van der Waals surface area contributed by atoms with Crippen molar-refractivity contribution in [3.63, 3.8) is 0 Å². The zero-order valence-corrected chi connectivity index (χ0v) is 25.9. The minimum Gasteiger partial charge on any atom is -0.481 e. The number of carbonyl (C=O) groups is 4. The summed E-state index contributed by atoms with van der Waals surface area (Å²) in [5.41, 5.74) is 0. The van der Waals surface area contributed by atoms with Crippen LogP contribution in [0.4, 0.5) is 4.79 Å². The Labute approximate surface area is 261 Å². The van der Waals surface area contributed by atoms with Gasteiger partial charge in [0.15, 0.2) is 0 Å². The quantitative estimate of drug-likeness (QED) is 0.192. The van der Waals surface area contributed by atoms with Crippen LogP contribution >= 0.6 is 0 Å². The zero-order chi connectivity index (χ0) is 32.7. The average Bonchev–Trinajstić information content (AvgIpc) is 3.85. The molecule has 16 heteroatoms. The number of rotatable bonds is 12. The summed E-state index contributed by atoms with van der Waals surface area (Å²) in [5.74, 6) is -2.67. The number of hydrogen-bond donors (Lipinski definition) is 4. The third-order valence-corrected chi connectivity index (χ3v) is 9.00. The molecule has 2 fully saturated rings. The molecule has 1 saturated carbocycles. The zero-order valence-electron chi connectivity index (χ0n) is 25.1. The van der Waals surface area contributed by atoms with Gasteiger partial charge in [-0.25, -0.2) is 13.2 Å². The summed E-state index contributed by atoms with van der Waals surface area (Å²) in [5, 5.41) is 21.2. The Morgan fingerprint density at radius 1 is 1.16 bits per heavy atom. The fourth-order valence-electron chi connectivity index (χ4n) is 4.94. The normalized spacial score (nSPS) is 17.3. The number of likely N-dealkylation sites (N-methyl/N-ethyl adjacent to an activating group) is 1. The second-order valence-corrected chi connectivity index (χ2v) is 12.5. The van der Waals surface area contributed by atoms with Crippen molar-refractivity contribution >= 4 is 50.6 Å². The molecule has 45 heavy (non-hydrogen) atoms. The second-order valence-electron chi connectivity index (χ2n) is 10.8. The molecule has 2 atom stereocenters. The highest BCUT2D eigenvalue weighted by Crippen LogP contribution is 2.28. The standard InChI is InChI=1S/C29H38N6O9S/c1-3-43-29(40)31-28(30)34-14-15-44-25(18-34)33(2)24(36)17-23(27(39)35(21-9-10-21)13-12-26(37)38)32-45(41,42)22-11-8-19-6-4-5-7-20(19)16-22/h4-8,11,16,21,23,25,32H,3,9-10,12-15,17-18H2,1-2H3,(H,37,38)(H2,30,31,40)/t23-,25?/m0/s1. The highest BCUT2D eigenvalue weighted by atomic mass is 32.2. The molecule has 0 bridgehead atoms. The molecule has 2 aromatic rings. The Morgan fingerprint density at radius 3 is 2.53 bits per heavy atom. The fourth-order valence-corrected chi connectivity index (χ4v) is 6.16. The van der Waals surface area contributed by atoms with Gasteiger partial charge in [0.05, 0.1) is 37.5 Å². The van der Waals surface area contributed by atoms with E-state index in [-0.39, 0.29) is 56.2 Å². The number of nitrogens with one attached hydrogen (secondary N) is 3. The van der Waals surface area contributed by atoms with Crippen LogP contribution in [0.1, 0.15) is 32.6 Å². The maximum Gasteiger partial charge on any atom is 0.413 e. The van der Waals surface area contributed by atoms with Crippen molar-refractivity contribution < 1.29 is 42.2 Å². The molecule has 4 rings (SSSR count). The SMILES string of the molecule is CCOC(=O)NC(=N)N1CCOC(N(C)C(=O)C[C@H](NS(=O)(=O)c2ccc3ccccc3c2)C(=O)N(CCC(=O)O)C2CC2)C1. The number of sulfonamides is 1. The van der Waals surface area contributed by atoms with E-state index < -0.39 is 52.6 Å². The third-order valence-electron chi connectivity index (χ3n) is 7.53. The van der Waals surface area contributed by atoms with E-state index in [0.717, 1.165) is 5.39 Å². The van der Waals surface area contributed by atoms with Crippen molar-refractivity contribution in [1.29, 1.82) is 5.41 Å². The summed E-state index contributed by atoms with van der Waals surface area (Å²) in [6, 6.07) is 9.93. The minimum atomic E-state index is -4.30. The predicted molar refractivity (Wildman–Crippen MR) is 162 cm³/mol. The highest BCUT2D eigenvalue weighted by molar-refractivity contribution is 7.89. The summed E-state index contributed by atoms with van der Waals surface area (Å²) in [6.45, 7) is 2.02. The smallest absolute Gasteiger partial charge is 0.413 e. The first-order valence-corrected chi connectivity index (χ1v) is 16.1. The minimum absolute atomic E-state index is 0.0156. The predicted octanol–water partition coefficient (Wildman–Crippen LogP) is 1.14. The van der Waals surface area contributed by atoms with Crippen molar-refractivity contribution in [2.24, 2.45) is 0 Å². The van der Waals surface area contributed by atoms with Crippen LogP contribution in [0.15, 0.2) is 47.4 Å². The van der Waals surface area contributed by atoms with E-state index in [0.29, 0.717) is 18.2 Å². The van der Waals surface area contributed by atoms with Gasteiger partial charge in [-0.3, -0.25) is 25.1 Å². The molecule has 2 aromatic carbocycles. The van der Waals surface area contributed by atoms with Crippen LogP contribution in [0.3, 0.4) is 0 Å². The van der Waals surface area contributed by atoms with Crippen LogP contribution in [0.25, 0.3) is 10.8 Å².